The molecule has 0 aliphatic heterocycles. The van der Waals surface area contributed by atoms with Crippen molar-refractivity contribution in [3.63, 3.8) is 0 Å². The van der Waals surface area contributed by atoms with Crippen molar-refractivity contribution in [2.75, 3.05) is 5.32 Å². The first-order valence-electron chi connectivity index (χ1n) is 6.08. The van der Waals surface area contributed by atoms with Gasteiger partial charge in [-0.05, 0) is 25.1 Å². The number of nitro groups is 1. The quantitative estimate of drug-likeness (QED) is 0.511. The highest BCUT2D eigenvalue weighted by Gasteiger charge is 2.19. The summed E-state index contributed by atoms with van der Waals surface area (Å²) in [5.41, 5.74) is -0.190. The minimum atomic E-state index is -1.00. The van der Waals surface area contributed by atoms with Crippen LogP contribution in [0, 0.1) is 21.7 Å². The van der Waals surface area contributed by atoms with Crippen molar-refractivity contribution in [2.45, 2.75) is 13.0 Å². The molecule has 7 heteroatoms. The van der Waals surface area contributed by atoms with E-state index in [-0.39, 0.29) is 22.7 Å². The van der Waals surface area contributed by atoms with Crippen LogP contribution in [0.2, 0.25) is 0 Å². The molecule has 0 spiro atoms. The first-order valence-corrected chi connectivity index (χ1v) is 6.08. The van der Waals surface area contributed by atoms with Gasteiger partial charge < -0.3 is 10.4 Å². The van der Waals surface area contributed by atoms with Crippen LogP contribution in [0.25, 0.3) is 0 Å². The molecule has 0 bridgehead atoms. The number of aromatic hydroxyl groups is 1. The van der Waals surface area contributed by atoms with Gasteiger partial charge in [0.1, 0.15) is 11.4 Å². The molecule has 2 rings (SSSR count). The van der Waals surface area contributed by atoms with Crippen LogP contribution in [0.3, 0.4) is 0 Å². The average molecular weight is 294 g/mol. The summed E-state index contributed by atoms with van der Waals surface area (Å²) in [4.78, 5) is 10.3. The Bertz CT molecular complexity index is 692. The second kappa shape index (κ2) is 5.74. The van der Waals surface area contributed by atoms with Crippen LogP contribution in [-0.2, 0) is 0 Å². The van der Waals surface area contributed by atoms with E-state index in [2.05, 4.69) is 5.32 Å². The Labute approximate surface area is 119 Å². The molecule has 0 aliphatic rings. The maximum Gasteiger partial charge on any atom is 0.296 e. The summed E-state index contributed by atoms with van der Waals surface area (Å²) in [5.74, 6) is -2.24. The summed E-state index contributed by atoms with van der Waals surface area (Å²) >= 11 is 0. The van der Waals surface area contributed by atoms with Crippen LogP contribution in [0.4, 0.5) is 20.2 Å². The molecular weight excluding hydrogens is 282 g/mol. The van der Waals surface area contributed by atoms with Gasteiger partial charge in [0.2, 0.25) is 0 Å². The summed E-state index contributed by atoms with van der Waals surface area (Å²) < 4.78 is 26.9. The largest absolute Gasteiger partial charge is 0.508 e. The Morgan fingerprint density at radius 1 is 1.29 bits per heavy atom. The van der Waals surface area contributed by atoms with Crippen LogP contribution in [0.5, 0.6) is 5.75 Å². The van der Waals surface area contributed by atoms with Crippen LogP contribution < -0.4 is 5.32 Å². The molecule has 1 atom stereocenters. The molecule has 0 radical (unpaired) electrons. The van der Waals surface area contributed by atoms with E-state index >= 15 is 0 Å². The zero-order chi connectivity index (χ0) is 15.6. The number of nitro benzene ring substituents is 1. The molecule has 0 fully saturated rings. The van der Waals surface area contributed by atoms with Crippen molar-refractivity contribution >= 4 is 11.4 Å². The fourth-order valence-electron chi connectivity index (χ4n) is 1.96. The van der Waals surface area contributed by atoms with E-state index in [1.165, 1.54) is 24.3 Å². The molecule has 5 nitrogen and oxygen atoms in total. The van der Waals surface area contributed by atoms with Gasteiger partial charge in [0.25, 0.3) is 5.69 Å². The number of phenolic OH excluding ortho intramolecular Hbond substituents is 1. The van der Waals surface area contributed by atoms with E-state index in [1.807, 2.05) is 0 Å². The van der Waals surface area contributed by atoms with E-state index in [0.29, 0.717) is 0 Å². The lowest BCUT2D eigenvalue weighted by Crippen LogP contribution is -2.10. The van der Waals surface area contributed by atoms with E-state index in [4.69, 9.17) is 0 Å². The Morgan fingerprint density at radius 3 is 2.67 bits per heavy atom. The fraction of sp³-hybridized carbons (Fsp3) is 0.143. The Morgan fingerprint density at radius 2 is 2.00 bits per heavy atom. The minimum Gasteiger partial charge on any atom is -0.508 e. The third-order valence-corrected chi connectivity index (χ3v) is 3.00. The topological polar surface area (TPSA) is 75.4 Å². The molecule has 2 aromatic carbocycles. The molecule has 0 saturated carbocycles. The maximum absolute atomic E-state index is 13.7. The number of hydrogen-bond donors (Lipinski definition) is 2. The van der Waals surface area contributed by atoms with Gasteiger partial charge in [0, 0.05) is 5.56 Å². The predicted molar refractivity (Wildman–Crippen MR) is 73.2 cm³/mol. The number of rotatable bonds is 4. The first kappa shape index (κ1) is 14.7. The summed E-state index contributed by atoms with van der Waals surface area (Å²) in [6.45, 7) is 1.55. The zero-order valence-electron chi connectivity index (χ0n) is 11.0. The molecule has 2 N–H and O–H groups in total. The highest BCUT2D eigenvalue weighted by Crippen LogP contribution is 2.32. The molecule has 0 aromatic heterocycles. The van der Waals surface area contributed by atoms with Gasteiger partial charge in [0.15, 0.2) is 11.6 Å². The smallest absolute Gasteiger partial charge is 0.296 e. The van der Waals surface area contributed by atoms with E-state index in [9.17, 15) is 24.0 Å². The van der Waals surface area contributed by atoms with Crippen molar-refractivity contribution in [3.05, 3.63) is 63.7 Å². The van der Waals surface area contributed by atoms with Crippen molar-refractivity contribution in [3.8, 4) is 5.75 Å². The number of benzene rings is 2. The second-order valence-corrected chi connectivity index (χ2v) is 4.47. The molecule has 21 heavy (non-hydrogen) atoms. The lowest BCUT2D eigenvalue weighted by Gasteiger charge is -2.16. The van der Waals surface area contributed by atoms with Crippen LogP contribution in [-0.4, -0.2) is 10.0 Å². The second-order valence-electron chi connectivity index (χ2n) is 4.47. The van der Waals surface area contributed by atoms with Gasteiger partial charge in [-0.2, -0.15) is 0 Å². The SMILES string of the molecule is CC(Nc1ccc(O)cc1[N+](=O)[O-])c1cccc(F)c1F. The van der Waals surface area contributed by atoms with Crippen LogP contribution in [0.15, 0.2) is 36.4 Å². The summed E-state index contributed by atoms with van der Waals surface area (Å²) in [7, 11) is 0. The summed E-state index contributed by atoms with van der Waals surface area (Å²) in [5, 5.41) is 23.0. The standard InChI is InChI=1S/C14H12F2N2O3/c1-8(10-3-2-4-11(15)14(10)16)17-12-6-5-9(19)7-13(12)18(20)21/h2-8,17,19H,1H3. The number of phenols is 1. The van der Waals surface area contributed by atoms with Crippen LogP contribution in [0.1, 0.15) is 18.5 Å². The van der Waals surface area contributed by atoms with E-state index < -0.39 is 22.6 Å². The number of hydrogen-bond acceptors (Lipinski definition) is 4. The highest BCUT2D eigenvalue weighted by atomic mass is 19.2. The average Bonchev–Trinajstić information content (AvgIpc) is 2.43. The lowest BCUT2D eigenvalue weighted by molar-refractivity contribution is -0.384. The summed E-state index contributed by atoms with van der Waals surface area (Å²) in [6.07, 6.45) is 0. The van der Waals surface area contributed by atoms with Gasteiger partial charge in [0.05, 0.1) is 17.0 Å². The summed E-state index contributed by atoms with van der Waals surface area (Å²) in [6, 6.07) is 6.61. The van der Waals surface area contributed by atoms with Gasteiger partial charge in [-0.1, -0.05) is 12.1 Å². The molecular formula is C14H12F2N2O3. The highest BCUT2D eigenvalue weighted by molar-refractivity contribution is 5.64. The number of anilines is 1. The van der Waals surface area contributed by atoms with Crippen molar-refractivity contribution < 1.29 is 18.8 Å². The van der Waals surface area contributed by atoms with Crippen LogP contribution >= 0.6 is 0 Å². The van der Waals surface area contributed by atoms with Gasteiger partial charge in [-0.15, -0.1) is 0 Å². The molecule has 0 aliphatic carbocycles. The van der Waals surface area contributed by atoms with Gasteiger partial charge in [-0.25, -0.2) is 8.78 Å². The molecule has 1 unspecified atom stereocenters. The van der Waals surface area contributed by atoms with Gasteiger partial charge >= 0.3 is 0 Å². The van der Waals surface area contributed by atoms with Crippen molar-refractivity contribution in [2.24, 2.45) is 0 Å². The number of nitrogens with zero attached hydrogens (tertiary/aromatic N) is 1. The third-order valence-electron chi connectivity index (χ3n) is 3.00. The Kier molecular flexibility index (Phi) is 4.02. The molecule has 0 saturated heterocycles. The normalized spacial score (nSPS) is 12.0. The maximum atomic E-state index is 13.7. The molecule has 0 amide bonds. The third kappa shape index (κ3) is 3.07. The van der Waals surface area contributed by atoms with Crippen molar-refractivity contribution in [1.82, 2.24) is 0 Å². The Hall–Kier alpha value is -2.70. The Balaban J connectivity index is 2.34. The lowest BCUT2D eigenvalue weighted by atomic mass is 10.1. The molecule has 110 valence electrons. The number of nitrogens with one attached hydrogen (secondary N) is 1. The number of halogens is 2. The minimum absolute atomic E-state index is 0.0531. The monoisotopic (exact) mass is 294 g/mol. The fourth-order valence-corrected chi connectivity index (χ4v) is 1.96. The van der Waals surface area contributed by atoms with Crippen molar-refractivity contribution in [1.29, 1.82) is 0 Å². The first-order chi connectivity index (χ1) is 9.90. The molecule has 2 aromatic rings. The van der Waals surface area contributed by atoms with Gasteiger partial charge in [-0.3, -0.25) is 10.1 Å². The molecule has 0 heterocycles. The zero-order valence-corrected chi connectivity index (χ0v) is 11.0. The van der Waals surface area contributed by atoms with E-state index in [1.54, 1.807) is 6.92 Å². The predicted octanol–water partition coefficient (Wildman–Crippen LogP) is 3.75. The van der Waals surface area contributed by atoms with E-state index in [0.717, 1.165) is 12.1 Å².